The van der Waals surface area contributed by atoms with Crippen LogP contribution in [-0.2, 0) is 4.79 Å². The van der Waals surface area contributed by atoms with Gasteiger partial charge in [0, 0.05) is 4.47 Å². The highest BCUT2D eigenvalue weighted by Gasteiger charge is 2.10. The zero-order chi connectivity index (χ0) is 15.2. The van der Waals surface area contributed by atoms with Gasteiger partial charge in [-0.25, -0.2) is 0 Å². The smallest absolute Gasteiger partial charge is 0.258 e. The Bertz CT molecular complexity index is 613. The molecule has 2 aromatic carbocycles. The molecule has 0 aliphatic rings. The van der Waals surface area contributed by atoms with Crippen LogP contribution in [0.1, 0.15) is 18.5 Å². The molecule has 2 aromatic rings. The lowest BCUT2D eigenvalue weighted by atomic mass is 10.1. The van der Waals surface area contributed by atoms with Crippen molar-refractivity contribution in [3.8, 4) is 11.5 Å². The summed E-state index contributed by atoms with van der Waals surface area (Å²) in [7, 11) is 0. The fraction of sp³-hybridized carbons (Fsp3) is 0.188. The van der Waals surface area contributed by atoms with Gasteiger partial charge >= 0.3 is 0 Å². The first-order valence-corrected chi connectivity index (χ1v) is 7.30. The highest BCUT2D eigenvalue weighted by molar-refractivity contribution is 9.10. The van der Waals surface area contributed by atoms with E-state index in [9.17, 15) is 9.90 Å². The topological polar surface area (TPSA) is 58.6 Å². The van der Waals surface area contributed by atoms with Gasteiger partial charge in [-0.2, -0.15) is 0 Å². The molecule has 5 heteroatoms. The number of amides is 1. The van der Waals surface area contributed by atoms with E-state index in [-0.39, 0.29) is 24.3 Å². The van der Waals surface area contributed by atoms with E-state index in [2.05, 4.69) is 21.2 Å². The van der Waals surface area contributed by atoms with Crippen LogP contribution in [0.3, 0.4) is 0 Å². The quantitative estimate of drug-likeness (QED) is 0.869. The van der Waals surface area contributed by atoms with Crippen molar-refractivity contribution in [3.63, 3.8) is 0 Å². The lowest BCUT2D eigenvalue weighted by Gasteiger charge is -2.15. The van der Waals surface area contributed by atoms with Crippen molar-refractivity contribution in [1.82, 2.24) is 5.32 Å². The van der Waals surface area contributed by atoms with Crippen LogP contribution in [0.25, 0.3) is 0 Å². The Labute approximate surface area is 131 Å². The summed E-state index contributed by atoms with van der Waals surface area (Å²) < 4.78 is 6.36. The van der Waals surface area contributed by atoms with Gasteiger partial charge in [-0.3, -0.25) is 4.79 Å². The Morgan fingerprint density at radius 2 is 2.00 bits per heavy atom. The first-order valence-electron chi connectivity index (χ1n) is 6.51. The van der Waals surface area contributed by atoms with Crippen molar-refractivity contribution < 1.29 is 14.6 Å². The van der Waals surface area contributed by atoms with Crippen LogP contribution in [0.4, 0.5) is 0 Å². The maximum absolute atomic E-state index is 11.8. The molecule has 0 aromatic heterocycles. The molecule has 1 amide bonds. The molecular weight excluding hydrogens is 334 g/mol. The molecule has 0 spiro atoms. The Balaban J connectivity index is 1.85. The Hall–Kier alpha value is -2.01. The lowest BCUT2D eigenvalue weighted by Crippen LogP contribution is -2.31. The van der Waals surface area contributed by atoms with E-state index in [1.165, 1.54) is 0 Å². The number of rotatable bonds is 5. The van der Waals surface area contributed by atoms with Gasteiger partial charge in [0.25, 0.3) is 5.91 Å². The summed E-state index contributed by atoms with van der Waals surface area (Å²) in [6.45, 7) is 1.80. The number of halogens is 1. The zero-order valence-electron chi connectivity index (χ0n) is 11.5. The zero-order valence-corrected chi connectivity index (χ0v) is 13.1. The third-order valence-corrected chi connectivity index (χ3v) is 3.46. The fourth-order valence-corrected chi connectivity index (χ4v) is 2.10. The molecule has 0 aliphatic heterocycles. The molecule has 0 saturated heterocycles. The lowest BCUT2D eigenvalue weighted by molar-refractivity contribution is -0.123. The van der Waals surface area contributed by atoms with Crippen LogP contribution in [0.2, 0.25) is 0 Å². The van der Waals surface area contributed by atoms with Crippen LogP contribution < -0.4 is 10.1 Å². The van der Waals surface area contributed by atoms with Crippen molar-refractivity contribution in [1.29, 1.82) is 0 Å². The number of hydrogen-bond donors (Lipinski definition) is 2. The summed E-state index contributed by atoms with van der Waals surface area (Å²) in [6, 6.07) is 13.9. The molecule has 0 heterocycles. The van der Waals surface area contributed by atoms with Crippen LogP contribution in [0.15, 0.2) is 53.0 Å². The van der Waals surface area contributed by atoms with Gasteiger partial charge in [0.1, 0.15) is 11.5 Å². The maximum Gasteiger partial charge on any atom is 0.258 e. The standard InChI is InChI=1S/C16H16BrNO3/c1-11(12-3-2-4-14(19)9-12)18-16(20)10-21-15-7-5-13(17)6-8-15/h2-9,11,19H,10H2,1H3,(H,18,20)/t11-/m0/s1. The molecule has 1 atom stereocenters. The largest absolute Gasteiger partial charge is 0.508 e. The average Bonchev–Trinajstić information content (AvgIpc) is 2.46. The third kappa shape index (κ3) is 4.79. The SMILES string of the molecule is C[C@H](NC(=O)COc1ccc(Br)cc1)c1cccc(O)c1. The van der Waals surface area contributed by atoms with Crippen molar-refractivity contribution in [3.05, 3.63) is 58.6 Å². The molecule has 0 aliphatic carbocycles. The first kappa shape index (κ1) is 15.4. The molecule has 4 nitrogen and oxygen atoms in total. The van der Waals surface area contributed by atoms with Crippen molar-refractivity contribution in [2.24, 2.45) is 0 Å². The second kappa shape index (κ2) is 7.13. The predicted octanol–water partition coefficient (Wildman–Crippen LogP) is 3.41. The normalized spacial score (nSPS) is 11.7. The Morgan fingerprint density at radius 3 is 2.67 bits per heavy atom. The molecule has 110 valence electrons. The molecular formula is C16H16BrNO3. The van der Waals surface area contributed by atoms with Crippen LogP contribution in [0.5, 0.6) is 11.5 Å². The minimum Gasteiger partial charge on any atom is -0.508 e. The Kier molecular flexibility index (Phi) is 5.22. The van der Waals surface area contributed by atoms with Crippen molar-refractivity contribution >= 4 is 21.8 Å². The monoisotopic (exact) mass is 349 g/mol. The van der Waals surface area contributed by atoms with E-state index < -0.39 is 0 Å². The van der Waals surface area contributed by atoms with Gasteiger partial charge in [-0.05, 0) is 48.9 Å². The number of phenolic OH excluding ortho intramolecular Hbond substituents is 1. The van der Waals surface area contributed by atoms with Gasteiger partial charge in [0.05, 0.1) is 6.04 Å². The number of hydrogen-bond acceptors (Lipinski definition) is 3. The minimum atomic E-state index is -0.214. The summed E-state index contributed by atoms with van der Waals surface area (Å²) in [5.74, 6) is 0.604. The second-order valence-corrected chi connectivity index (χ2v) is 5.54. The third-order valence-electron chi connectivity index (χ3n) is 2.93. The highest BCUT2D eigenvalue weighted by Crippen LogP contribution is 2.18. The summed E-state index contributed by atoms with van der Waals surface area (Å²) >= 11 is 3.33. The minimum absolute atomic E-state index is 0.0508. The van der Waals surface area contributed by atoms with Crippen LogP contribution in [0, 0.1) is 0 Å². The van der Waals surface area contributed by atoms with E-state index in [1.54, 1.807) is 30.3 Å². The summed E-state index contributed by atoms with van der Waals surface area (Å²) in [5, 5.41) is 12.2. The summed E-state index contributed by atoms with van der Waals surface area (Å²) in [4.78, 5) is 11.8. The summed E-state index contributed by atoms with van der Waals surface area (Å²) in [6.07, 6.45) is 0. The number of benzene rings is 2. The van der Waals surface area contributed by atoms with E-state index in [1.807, 2.05) is 25.1 Å². The molecule has 21 heavy (non-hydrogen) atoms. The predicted molar refractivity (Wildman–Crippen MR) is 84.3 cm³/mol. The van der Waals surface area contributed by atoms with E-state index in [4.69, 9.17) is 4.74 Å². The first-order chi connectivity index (χ1) is 10.0. The number of phenols is 1. The van der Waals surface area contributed by atoms with E-state index in [0.717, 1.165) is 10.0 Å². The second-order valence-electron chi connectivity index (χ2n) is 4.63. The number of ether oxygens (including phenoxy) is 1. The van der Waals surface area contributed by atoms with Gasteiger partial charge in [-0.1, -0.05) is 28.1 Å². The van der Waals surface area contributed by atoms with Crippen LogP contribution in [-0.4, -0.2) is 17.6 Å². The molecule has 0 unspecified atom stereocenters. The number of nitrogens with one attached hydrogen (secondary N) is 1. The highest BCUT2D eigenvalue weighted by atomic mass is 79.9. The van der Waals surface area contributed by atoms with Crippen molar-refractivity contribution in [2.45, 2.75) is 13.0 Å². The molecule has 2 rings (SSSR count). The van der Waals surface area contributed by atoms with Gasteiger partial charge < -0.3 is 15.2 Å². The average molecular weight is 350 g/mol. The fourth-order valence-electron chi connectivity index (χ4n) is 1.84. The molecule has 0 bridgehead atoms. The van der Waals surface area contributed by atoms with E-state index >= 15 is 0 Å². The maximum atomic E-state index is 11.8. The molecule has 0 radical (unpaired) electrons. The van der Waals surface area contributed by atoms with Crippen molar-refractivity contribution in [2.75, 3.05) is 6.61 Å². The van der Waals surface area contributed by atoms with E-state index in [0.29, 0.717) is 5.75 Å². The van der Waals surface area contributed by atoms with Crippen LogP contribution >= 0.6 is 15.9 Å². The van der Waals surface area contributed by atoms with Gasteiger partial charge in [-0.15, -0.1) is 0 Å². The number of aromatic hydroxyl groups is 1. The molecule has 2 N–H and O–H groups in total. The number of carbonyl (C=O) groups excluding carboxylic acids is 1. The van der Waals surface area contributed by atoms with Gasteiger partial charge in [0.2, 0.25) is 0 Å². The summed E-state index contributed by atoms with van der Waals surface area (Å²) in [5.41, 5.74) is 0.840. The molecule has 0 fully saturated rings. The van der Waals surface area contributed by atoms with Gasteiger partial charge in [0.15, 0.2) is 6.61 Å². The Morgan fingerprint density at radius 1 is 1.29 bits per heavy atom. The number of carbonyl (C=O) groups is 1. The molecule has 0 saturated carbocycles.